The first-order valence-electron chi connectivity index (χ1n) is 8.84. The summed E-state index contributed by atoms with van der Waals surface area (Å²) >= 11 is 0. The van der Waals surface area contributed by atoms with Crippen molar-refractivity contribution in [2.45, 2.75) is 58.0 Å². The van der Waals surface area contributed by atoms with Crippen LogP contribution >= 0.6 is 12.4 Å². The largest absolute Gasteiger partial charge is 0.339 e. The third-order valence-electron chi connectivity index (χ3n) is 5.06. The molecule has 0 aliphatic heterocycles. The maximum Gasteiger partial charge on any atom is 0.255 e. The molecule has 1 fully saturated rings. The summed E-state index contributed by atoms with van der Waals surface area (Å²) in [4.78, 5) is 27.0. The number of para-hydroxylation sites is 1. The quantitative estimate of drug-likeness (QED) is 0.837. The van der Waals surface area contributed by atoms with Gasteiger partial charge in [0.15, 0.2) is 0 Å². The smallest absolute Gasteiger partial charge is 0.255 e. The minimum Gasteiger partial charge on any atom is -0.339 e. The molecule has 0 radical (unpaired) electrons. The lowest BCUT2D eigenvalue weighted by atomic mass is 9.94. The Labute approximate surface area is 156 Å². The van der Waals surface area contributed by atoms with Gasteiger partial charge in [-0.05, 0) is 31.9 Å². The Morgan fingerprint density at radius 2 is 1.76 bits per heavy atom. The maximum atomic E-state index is 12.9. The molecule has 0 aromatic heterocycles. The Hall–Kier alpha value is -1.59. The number of hydrogen-bond acceptors (Lipinski definition) is 3. The number of nitrogens with two attached hydrogens (primary N) is 1. The first-order valence-corrected chi connectivity index (χ1v) is 8.84. The van der Waals surface area contributed by atoms with Crippen LogP contribution in [0, 0.1) is 5.92 Å². The molecule has 2 unspecified atom stereocenters. The molecular weight excluding hydrogens is 338 g/mol. The van der Waals surface area contributed by atoms with Crippen LogP contribution in [-0.4, -0.2) is 35.8 Å². The highest BCUT2D eigenvalue weighted by atomic mass is 35.5. The van der Waals surface area contributed by atoms with Gasteiger partial charge in [0.2, 0.25) is 5.91 Å². The van der Waals surface area contributed by atoms with Crippen molar-refractivity contribution >= 4 is 29.9 Å². The van der Waals surface area contributed by atoms with Crippen LogP contribution in [0.4, 0.5) is 5.69 Å². The molecule has 0 spiro atoms. The Morgan fingerprint density at radius 1 is 1.16 bits per heavy atom. The zero-order valence-electron chi connectivity index (χ0n) is 15.3. The van der Waals surface area contributed by atoms with Crippen LogP contribution in [0.2, 0.25) is 0 Å². The maximum absolute atomic E-state index is 12.9. The van der Waals surface area contributed by atoms with Gasteiger partial charge in [0.1, 0.15) is 0 Å². The standard InChI is InChI=1S/C19H29N3O2.ClH/c1-13(14(2)20)18(23)21-17-12-8-7-11-16(17)19(24)22(3)15-9-5-4-6-10-15;/h7-8,11-15H,4-6,9-10,20H2,1-3H3,(H,21,23);1H. The monoisotopic (exact) mass is 367 g/mol. The summed E-state index contributed by atoms with van der Waals surface area (Å²) in [5.41, 5.74) is 6.89. The Morgan fingerprint density at radius 3 is 2.36 bits per heavy atom. The van der Waals surface area contributed by atoms with Crippen molar-refractivity contribution in [3.05, 3.63) is 29.8 Å². The van der Waals surface area contributed by atoms with Gasteiger partial charge in [0.25, 0.3) is 5.91 Å². The van der Waals surface area contributed by atoms with Gasteiger partial charge in [-0.25, -0.2) is 0 Å². The number of rotatable bonds is 5. The zero-order valence-corrected chi connectivity index (χ0v) is 16.1. The molecule has 1 aliphatic rings. The van der Waals surface area contributed by atoms with E-state index in [1.807, 2.05) is 24.1 Å². The number of carbonyl (C=O) groups is 2. The van der Waals surface area contributed by atoms with Crippen LogP contribution in [-0.2, 0) is 4.79 Å². The highest BCUT2D eigenvalue weighted by Gasteiger charge is 2.25. The summed E-state index contributed by atoms with van der Waals surface area (Å²) in [6.45, 7) is 3.59. The topological polar surface area (TPSA) is 75.4 Å². The van der Waals surface area contributed by atoms with Crippen LogP contribution in [0.1, 0.15) is 56.3 Å². The SMILES string of the molecule is CC(N)C(C)C(=O)Nc1ccccc1C(=O)N(C)C1CCCCC1.Cl. The Kier molecular flexibility index (Phi) is 8.39. The summed E-state index contributed by atoms with van der Waals surface area (Å²) in [5, 5.41) is 2.86. The second-order valence-corrected chi connectivity index (χ2v) is 6.89. The molecule has 2 atom stereocenters. The van der Waals surface area contributed by atoms with Crippen molar-refractivity contribution in [1.29, 1.82) is 0 Å². The summed E-state index contributed by atoms with van der Waals surface area (Å²) in [6.07, 6.45) is 5.70. The summed E-state index contributed by atoms with van der Waals surface area (Å²) < 4.78 is 0. The van der Waals surface area contributed by atoms with Crippen molar-refractivity contribution in [3.63, 3.8) is 0 Å². The molecule has 5 nitrogen and oxygen atoms in total. The van der Waals surface area contributed by atoms with E-state index in [1.165, 1.54) is 19.3 Å². The zero-order chi connectivity index (χ0) is 17.7. The number of nitrogens with one attached hydrogen (secondary N) is 1. The number of nitrogens with zero attached hydrogens (tertiary/aromatic N) is 1. The van der Waals surface area contributed by atoms with E-state index in [0.717, 1.165) is 12.8 Å². The first-order chi connectivity index (χ1) is 11.4. The van der Waals surface area contributed by atoms with Crippen molar-refractivity contribution in [3.8, 4) is 0 Å². The molecular formula is C19H30ClN3O2. The molecule has 0 bridgehead atoms. The van der Waals surface area contributed by atoms with E-state index in [1.54, 1.807) is 26.0 Å². The molecule has 25 heavy (non-hydrogen) atoms. The highest BCUT2D eigenvalue weighted by molar-refractivity contribution is 6.04. The van der Waals surface area contributed by atoms with E-state index in [4.69, 9.17) is 5.73 Å². The highest BCUT2D eigenvalue weighted by Crippen LogP contribution is 2.25. The van der Waals surface area contributed by atoms with Gasteiger partial charge >= 0.3 is 0 Å². The number of anilines is 1. The van der Waals surface area contributed by atoms with Gasteiger partial charge in [-0.3, -0.25) is 9.59 Å². The predicted molar refractivity (Wildman–Crippen MR) is 104 cm³/mol. The molecule has 2 rings (SSSR count). The fraction of sp³-hybridized carbons (Fsp3) is 0.579. The molecule has 0 saturated heterocycles. The van der Waals surface area contributed by atoms with Gasteiger partial charge in [-0.1, -0.05) is 38.3 Å². The molecule has 140 valence electrons. The second kappa shape index (κ2) is 9.78. The van der Waals surface area contributed by atoms with E-state index < -0.39 is 0 Å². The summed E-state index contributed by atoms with van der Waals surface area (Å²) in [6, 6.07) is 7.24. The van der Waals surface area contributed by atoms with Crippen LogP contribution in [0.5, 0.6) is 0 Å². The van der Waals surface area contributed by atoms with Crippen LogP contribution in [0.3, 0.4) is 0 Å². The molecule has 3 N–H and O–H groups in total. The first kappa shape index (κ1) is 21.5. The van der Waals surface area contributed by atoms with E-state index in [2.05, 4.69) is 5.32 Å². The van der Waals surface area contributed by atoms with E-state index in [9.17, 15) is 9.59 Å². The van der Waals surface area contributed by atoms with Gasteiger partial charge in [-0.15, -0.1) is 12.4 Å². The van der Waals surface area contributed by atoms with Gasteiger partial charge in [0, 0.05) is 19.1 Å². The van der Waals surface area contributed by atoms with Crippen LogP contribution < -0.4 is 11.1 Å². The average Bonchev–Trinajstić information content (AvgIpc) is 2.60. The molecule has 2 amide bonds. The predicted octanol–water partition coefficient (Wildman–Crippen LogP) is 3.43. The van der Waals surface area contributed by atoms with Gasteiger partial charge in [0.05, 0.1) is 17.2 Å². The second-order valence-electron chi connectivity index (χ2n) is 6.89. The van der Waals surface area contributed by atoms with Crippen molar-refractivity contribution in [2.24, 2.45) is 11.7 Å². The third-order valence-corrected chi connectivity index (χ3v) is 5.06. The normalized spacial score (nSPS) is 17.1. The number of carbonyl (C=O) groups excluding carboxylic acids is 2. The number of amides is 2. The lowest BCUT2D eigenvalue weighted by molar-refractivity contribution is -0.119. The van der Waals surface area contributed by atoms with Crippen LogP contribution in [0.15, 0.2) is 24.3 Å². The fourth-order valence-electron chi connectivity index (χ4n) is 3.09. The van der Waals surface area contributed by atoms with E-state index in [-0.39, 0.29) is 42.2 Å². The molecule has 0 heterocycles. The third kappa shape index (κ3) is 5.44. The lowest BCUT2D eigenvalue weighted by Crippen LogP contribution is -2.39. The lowest BCUT2D eigenvalue weighted by Gasteiger charge is -2.31. The minimum atomic E-state index is -0.316. The van der Waals surface area contributed by atoms with Crippen molar-refractivity contribution in [2.75, 3.05) is 12.4 Å². The minimum absolute atomic E-state index is 0. The van der Waals surface area contributed by atoms with Crippen molar-refractivity contribution < 1.29 is 9.59 Å². The van der Waals surface area contributed by atoms with Gasteiger partial charge in [-0.2, -0.15) is 0 Å². The molecule has 6 heteroatoms. The molecule has 1 aromatic rings. The van der Waals surface area contributed by atoms with Crippen molar-refractivity contribution in [1.82, 2.24) is 4.90 Å². The Balaban J connectivity index is 0.00000312. The number of halogens is 1. The summed E-state index contributed by atoms with van der Waals surface area (Å²) in [7, 11) is 1.86. The molecule has 1 saturated carbocycles. The Bertz CT molecular complexity index is 586. The average molecular weight is 368 g/mol. The number of benzene rings is 1. The van der Waals surface area contributed by atoms with Crippen LogP contribution in [0.25, 0.3) is 0 Å². The van der Waals surface area contributed by atoms with Gasteiger partial charge < -0.3 is 16.0 Å². The molecule has 1 aromatic carbocycles. The van der Waals surface area contributed by atoms with E-state index in [0.29, 0.717) is 11.3 Å². The number of hydrogen-bond donors (Lipinski definition) is 2. The molecule has 1 aliphatic carbocycles. The summed E-state index contributed by atoms with van der Waals surface area (Å²) in [5.74, 6) is -0.513. The fourth-order valence-corrected chi connectivity index (χ4v) is 3.09. The van der Waals surface area contributed by atoms with E-state index >= 15 is 0 Å².